The first-order valence-electron chi connectivity index (χ1n) is 8.30. The number of aliphatic hydroxyl groups is 1. The van der Waals surface area contributed by atoms with Crippen LogP contribution in [0.3, 0.4) is 0 Å². The molecule has 0 aliphatic rings. The van der Waals surface area contributed by atoms with Crippen molar-refractivity contribution in [2.45, 2.75) is 39.7 Å². The van der Waals surface area contributed by atoms with E-state index >= 15 is 0 Å². The molecule has 0 fully saturated rings. The predicted molar refractivity (Wildman–Crippen MR) is 103 cm³/mol. The van der Waals surface area contributed by atoms with Crippen molar-refractivity contribution in [2.75, 3.05) is 19.5 Å². The number of pyridine rings is 1. The van der Waals surface area contributed by atoms with E-state index in [0.29, 0.717) is 13.0 Å². The first-order chi connectivity index (χ1) is 12.2. The quantitative estimate of drug-likeness (QED) is 0.675. The number of nitrogens with zero attached hydrogens (tertiary/aromatic N) is 2. The molecular formula is C18H27N2O3S2+. The summed E-state index contributed by atoms with van der Waals surface area (Å²) in [6.07, 6.45) is 6.47. The monoisotopic (exact) mass is 383 g/mol. The van der Waals surface area contributed by atoms with E-state index in [9.17, 15) is 4.79 Å². The fourth-order valence-corrected chi connectivity index (χ4v) is 3.77. The lowest BCUT2D eigenvalue weighted by Gasteiger charge is -2.05. The van der Waals surface area contributed by atoms with Crippen molar-refractivity contribution < 1.29 is 19.2 Å². The molecule has 0 unspecified atom stereocenters. The normalized spacial score (nSPS) is 10.1. The van der Waals surface area contributed by atoms with E-state index in [4.69, 9.17) is 9.84 Å². The Morgan fingerprint density at radius 1 is 1.36 bits per heavy atom. The number of carbonyl (C=O) groups excluding carboxylic acids is 1. The van der Waals surface area contributed by atoms with Crippen LogP contribution in [0.5, 0.6) is 5.75 Å². The first kappa shape index (κ1) is 21.6. The number of aromatic nitrogens is 2. The minimum atomic E-state index is 0.184. The molecule has 0 bridgehead atoms. The van der Waals surface area contributed by atoms with Crippen molar-refractivity contribution in [3.05, 3.63) is 40.6 Å². The van der Waals surface area contributed by atoms with Gasteiger partial charge in [0.05, 0.1) is 24.2 Å². The maximum Gasteiger partial charge on any atom is 0.192 e. The Morgan fingerprint density at radius 3 is 2.68 bits per heavy atom. The molecule has 2 aromatic heterocycles. The molecule has 2 rings (SSSR count). The largest absolute Gasteiger partial charge is 0.493 e. The molecule has 0 radical (unpaired) electrons. The van der Waals surface area contributed by atoms with Gasteiger partial charge in [-0.05, 0) is 13.3 Å². The summed E-state index contributed by atoms with van der Waals surface area (Å²) in [7, 11) is 1.00. The summed E-state index contributed by atoms with van der Waals surface area (Å²) in [4.78, 5) is 17.3. The van der Waals surface area contributed by atoms with Crippen LogP contribution in [0, 0.1) is 6.92 Å². The van der Waals surface area contributed by atoms with Gasteiger partial charge in [-0.2, -0.15) is 0 Å². The van der Waals surface area contributed by atoms with Gasteiger partial charge < -0.3 is 9.84 Å². The molecular weight excluding hydrogens is 356 g/mol. The number of thiazole rings is 1. The molecule has 0 aliphatic carbocycles. The van der Waals surface area contributed by atoms with Crippen molar-refractivity contribution in [2.24, 2.45) is 0 Å². The van der Waals surface area contributed by atoms with Gasteiger partial charge in [-0.1, -0.05) is 18.7 Å². The highest BCUT2D eigenvalue weighted by atomic mass is 32.2. The molecule has 2 heterocycles. The summed E-state index contributed by atoms with van der Waals surface area (Å²) in [5.41, 5.74) is 2.94. The maximum absolute atomic E-state index is 11.9. The molecule has 7 heteroatoms. The van der Waals surface area contributed by atoms with Crippen LogP contribution >= 0.6 is 23.1 Å². The molecule has 25 heavy (non-hydrogen) atoms. The van der Waals surface area contributed by atoms with E-state index in [1.807, 2.05) is 37.0 Å². The van der Waals surface area contributed by atoms with Crippen LogP contribution in [0.25, 0.3) is 0 Å². The summed E-state index contributed by atoms with van der Waals surface area (Å²) >= 11 is 3.04. The summed E-state index contributed by atoms with van der Waals surface area (Å²) in [6, 6.07) is 3.89. The molecule has 138 valence electrons. The third-order valence-electron chi connectivity index (χ3n) is 3.35. The van der Waals surface area contributed by atoms with Crippen molar-refractivity contribution >= 4 is 28.2 Å². The summed E-state index contributed by atoms with van der Waals surface area (Å²) < 4.78 is 7.75. The number of aliphatic hydroxyl groups excluding tert-OH is 1. The van der Waals surface area contributed by atoms with Gasteiger partial charge in [0.2, 0.25) is 0 Å². The smallest absolute Gasteiger partial charge is 0.192 e. The van der Waals surface area contributed by atoms with Crippen LogP contribution in [0.15, 0.2) is 30.0 Å². The lowest BCUT2D eigenvalue weighted by molar-refractivity contribution is -0.697. The second kappa shape index (κ2) is 12.9. The van der Waals surface area contributed by atoms with Gasteiger partial charge in [0.15, 0.2) is 17.5 Å². The summed E-state index contributed by atoms with van der Waals surface area (Å²) in [6.45, 7) is 5.60. The molecule has 0 saturated heterocycles. The lowest BCUT2D eigenvalue weighted by atomic mass is 10.3. The second-order valence-corrected chi connectivity index (χ2v) is 7.29. The van der Waals surface area contributed by atoms with Gasteiger partial charge >= 0.3 is 0 Å². The molecule has 5 nitrogen and oxygen atoms in total. The number of hydrogen-bond donors (Lipinski definition) is 1. The summed E-state index contributed by atoms with van der Waals surface area (Å²) in [5.74, 6) is 1.62. The van der Waals surface area contributed by atoms with Crippen LogP contribution in [0.1, 0.15) is 30.3 Å². The minimum absolute atomic E-state index is 0.184. The average molecular weight is 384 g/mol. The highest BCUT2D eigenvalue weighted by Crippen LogP contribution is 2.16. The Hall–Kier alpha value is -1.44. The lowest BCUT2D eigenvalue weighted by Crippen LogP contribution is -2.31. The zero-order chi connectivity index (χ0) is 18.5. The number of thioether (sulfide) groups is 1. The molecule has 0 amide bonds. The average Bonchev–Trinajstić information content (AvgIpc) is 3.04. The Morgan fingerprint density at radius 2 is 2.08 bits per heavy atom. The van der Waals surface area contributed by atoms with Gasteiger partial charge in [0, 0.05) is 36.3 Å². The maximum atomic E-state index is 11.9. The number of hydrogen-bond acceptors (Lipinski definition) is 6. The predicted octanol–water partition coefficient (Wildman–Crippen LogP) is 3.03. The molecule has 0 aliphatic heterocycles. The minimum Gasteiger partial charge on any atom is -0.493 e. The van der Waals surface area contributed by atoms with E-state index < -0.39 is 0 Å². The van der Waals surface area contributed by atoms with Crippen LogP contribution in [-0.2, 0) is 17.8 Å². The van der Waals surface area contributed by atoms with Crippen molar-refractivity contribution in [1.29, 1.82) is 0 Å². The van der Waals surface area contributed by atoms with Crippen LogP contribution in [-0.4, -0.2) is 34.7 Å². The fraction of sp³-hybridized carbons (Fsp3) is 0.500. The standard InChI is InChI=1S/C17H23N2O2S2.CH4O/c1-3-8-19-9-4-15(5-10-19)21-11-6-17(20)22-12-7-16-14(2)18-13-23-16;1-2/h4-5,9-10,13H,3,6-8,11-12H2,1-2H3;2H,1H3/q+1;. The van der Waals surface area contributed by atoms with Crippen molar-refractivity contribution in [3.63, 3.8) is 0 Å². The Balaban J connectivity index is 0.00000151. The van der Waals surface area contributed by atoms with Crippen LogP contribution in [0.2, 0.25) is 0 Å². The van der Waals surface area contributed by atoms with Gasteiger partial charge in [-0.3, -0.25) is 4.79 Å². The number of carbonyl (C=O) groups is 1. The molecule has 0 aromatic carbocycles. The van der Waals surface area contributed by atoms with Gasteiger partial charge in [-0.25, -0.2) is 9.55 Å². The topological polar surface area (TPSA) is 63.3 Å². The molecule has 2 aromatic rings. The van der Waals surface area contributed by atoms with Crippen LogP contribution < -0.4 is 9.30 Å². The SMILES string of the molecule is CCC[n+]1ccc(OCCC(=O)SCCc2scnc2C)cc1.CO. The van der Waals surface area contributed by atoms with Crippen LogP contribution in [0.4, 0.5) is 0 Å². The first-order valence-corrected chi connectivity index (χ1v) is 10.2. The number of ether oxygens (including phenoxy) is 1. The highest BCUT2D eigenvalue weighted by Gasteiger charge is 2.07. The van der Waals surface area contributed by atoms with Gasteiger partial charge in [-0.15, -0.1) is 11.3 Å². The fourth-order valence-electron chi connectivity index (χ4n) is 2.10. The summed E-state index contributed by atoms with van der Waals surface area (Å²) in [5, 5.41) is 7.18. The van der Waals surface area contributed by atoms with Crippen molar-refractivity contribution in [3.8, 4) is 5.75 Å². The third kappa shape index (κ3) is 8.47. The number of aryl methyl sites for hydroxylation is 3. The molecule has 0 saturated carbocycles. The van der Waals surface area contributed by atoms with E-state index in [1.54, 1.807) is 11.3 Å². The number of rotatable bonds is 9. The van der Waals surface area contributed by atoms with E-state index in [-0.39, 0.29) is 5.12 Å². The Kier molecular flexibility index (Phi) is 11.1. The zero-order valence-electron chi connectivity index (χ0n) is 15.1. The van der Waals surface area contributed by atoms with Gasteiger partial charge in [0.1, 0.15) is 12.3 Å². The van der Waals surface area contributed by atoms with E-state index in [2.05, 4.69) is 16.5 Å². The molecule has 0 atom stereocenters. The van der Waals surface area contributed by atoms with Gasteiger partial charge in [0.25, 0.3) is 0 Å². The van der Waals surface area contributed by atoms with E-state index in [1.165, 1.54) is 16.6 Å². The Bertz CT molecular complexity index is 615. The molecule has 1 N–H and O–H groups in total. The Labute approximate surface area is 158 Å². The third-order valence-corrected chi connectivity index (χ3v) is 5.28. The second-order valence-electron chi connectivity index (χ2n) is 5.20. The highest BCUT2D eigenvalue weighted by molar-refractivity contribution is 8.13. The zero-order valence-corrected chi connectivity index (χ0v) is 16.7. The van der Waals surface area contributed by atoms with Crippen molar-refractivity contribution in [1.82, 2.24) is 4.98 Å². The molecule has 0 spiro atoms. The van der Waals surface area contributed by atoms with E-state index in [0.717, 1.165) is 43.7 Å².